The predicted molar refractivity (Wildman–Crippen MR) is 94.1 cm³/mol. The topological polar surface area (TPSA) is 43.2 Å². The molecule has 0 saturated carbocycles. The van der Waals surface area contributed by atoms with Crippen molar-refractivity contribution in [1.29, 1.82) is 0 Å². The Balaban J connectivity index is 1.66. The van der Waals surface area contributed by atoms with Gasteiger partial charge in [-0.1, -0.05) is 12.1 Å². The van der Waals surface area contributed by atoms with Gasteiger partial charge in [0, 0.05) is 30.4 Å². The fourth-order valence-electron chi connectivity index (χ4n) is 3.22. The van der Waals surface area contributed by atoms with Crippen LogP contribution in [0.2, 0.25) is 0 Å². The van der Waals surface area contributed by atoms with Gasteiger partial charge in [0.2, 0.25) is 0 Å². The largest absolute Gasteiger partial charge is 0.497 e. The molecule has 0 saturated heterocycles. The van der Waals surface area contributed by atoms with Crippen LogP contribution < -0.4 is 4.74 Å². The first-order chi connectivity index (χ1) is 11.7. The second-order valence-corrected chi connectivity index (χ2v) is 6.99. The molecule has 2 aromatic heterocycles. The Morgan fingerprint density at radius 1 is 1.25 bits per heavy atom. The van der Waals surface area contributed by atoms with Gasteiger partial charge in [-0.15, -0.1) is 11.3 Å². The zero-order valence-corrected chi connectivity index (χ0v) is 14.7. The minimum absolute atomic E-state index is 0.319. The number of aromatic nitrogens is 3. The van der Waals surface area contributed by atoms with Crippen molar-refractivity contribution in [1.82, 2.24) is 19.4 Å². The maximum atomic E-state index is 5.29. The summed E-state index contributed by atoms with van der Waals surface area (Å²) in [5, 5.41) is 0. The van der Waals surface area contributed by atoms with E-state index in [0.29, 0.717) is 6.04 Å². The number of benzene rings is 1. The van der Waals surface area contributed by atoms with E-state index in [2.05, 4.69) is 44.7 Å². The van der Waals surface area contributed by atoms with E-state index in [9.17, 15) is 0 Å². The van der Waals surface area contributed by atoms with E-state index < -0.39 is 0 Å². The molecule has 1 atom stereocenters. The Morgan fingerprint density at radius 3 is 2.79 bits per heavy atom. The van der Waals surface area contributed by atoms with Crippen molar-refractivity contribution in [2.24, 2.45) is 0 Å². The number of hydrogen-bond acceptors (Lipinski definition) is 5. The molecule has 0 bridgehead atoms. The Morgan fingerprint density at radius 2 is 2.08 bits per heavy atom. The Hall–Kier alpha value is -2.18. The summed E-state index contributed by atoms with van der Waals surface area (Å²) in [5.41, 5.74) is 4.36. The van der Waals surface area contributed by atoms with Crippen molar-refractivity contribution in [3.05, 3.63) is 64.1 Å². The van der Waals surface area contributed by atoms with Crippen molar-refractivity contribution in [2.45, 2.75) is 32.6 Å². The lowest BCUT2D eigenvalue weighted by Crippen LogP contribution is -2.36. The summed E-state index contributed by atoms with van der Waals surface area (Å²) >= 11 is 1.73. The Labute approximate surface area is 145 Å². The van der Waals surface area contributed by atoms with E-state index in [1.807, 2.05) is 23.8 Å². The van der Waals surface area contributed by atoms with Crippen LogP contribution in [0, 0.1) is 6.92 Å². The maximum Gasteiger partial charge on any atom is 0.122 e. The van der Waals surface area contributed by atoms with Crippen molar-refractivity contribution >= 4 is 11.3 Å². The molecule has 0 aliphatic carbocycles. The molecule has 6 heteroatoms. The normalized spacial score (nSPS) is 17.7. The highest BCUT2D eigenvalue weighted by Gasteiger charge is 2.28. The molecule has 4 rings (SSSR count). The number of ether oxygens (including phenoxy) is 1. The van der Waals surface area contributed by atoms with Crippen LogP contribution in [-0.2, 0) is 19.6 Å². The third-order valence-corrected chi connectivity index (χ3v) is 5.57. The highest BCUT2D eigenvalue weighted by molar-refractivity contribution is 7.09. The third kappa shape index (κ3) is 2.83. The third-order valence-electron chi connectivity index (χ3n) is 4.65. The van der Waals surface area contributed by atoms with Crippen molar-refractivity contribution < 1.29 is 4.74 Å². The number of aryl methyl sites for hydroxylation is 1. The van der Waals surface area contributed by atoms with Gasteiger partial charge in [-0.05, 0) is 24.6 Å². The van der Waals surface area contributed by atoms with Gasteiger partial charge >= 0.3 is 0 Å². The van der Waals surface area contributed by atoms with Gasteiger partial charge in [-0.3, -0.25) is 4.90 Å². The van der Waals surface area contributed by atoms with Crippen molar-refractivity contribution in [3.8, 4) is 5.75 Å². The van der Waals surface area contributed by atoms with Gasteiger partial charge < -0.3 is 9.30 Å². The molecule has 3 heterocycles. The summed E-state index contributed by atoms with van der Waals surface area (Å²) < 4.78 is 7.55. The summed E-state index contributed by atoms with van der Waals surface area (Å²) in [6, 6.07) is 8.72. The number of thiazole rings is 1. The summed E-state index contributed by atoms with van der Waals surface area (Å²) in [6.07, 6.45) is 3.96. The second-order valence-electron chi connectivity index (χ2n) is 6.05. The van der Waals surface area contributed by atoms with Crippen molar-refractivity contribution in [3.63, 3.8) is 0 Å². The number of imidazole rings is 1. The Kier molecular flexibility index (Phi) is 4.08. The molecule has 0 fully saturated rings. The number of methoxy groups -OCH3 is 1. The van der Waals surface area contributed by atoms with Crippen LogP contribution in [-0.4, -0.2) is 26.5 Å². The van der Waals surface area contributed by atoms with Crippen LogP contribution in [0.4, 0.5) is 0 Å². The zero-order chi connectivity index (χ0) is 16.5. The summed E-state index contributed by atoms with van der Waals surface area (Å²) in [6.45, 7) is 4.75. The fourth-order valence-corrected chi connectivity index (χ4v) is 4.02. The van der Waals surface area contributed by atoms with Crippen LogP contribution in [0.5, 0.6) is 5.75 Å². The molecule has 5 nitrogen and oxygen atoms in total. The monoisotopic (exact) mass is 340 g/mol. The molecule has 1 unspecified atom stereocenters. The number of fused-ring (bicyclic) bond motifs is 1. The molecule has 1 aromatic carbocycles. The van der Waals surface area contributed by atoms with Gasteiger partial charge in [-0.2, -0.15) is 0 Å². The van der Waals surface area contributed by atoms with Crippen LogP contribution in [0.3, 0.4) is 0 Å². The second kappa shape index (κ2) is 6.37. The minimum atomic E-state index is 0.319. The summed E-state index contributed by atoms with van der Waals surface area (Å²) in [7, 11) is 1.70. The molecule has 0 amide bonds. The molecule has 124 valence electrons. The first-order valence-electron chi connectivity index (χ1n) is 8.01. The standard InChI is InChI=1S/C18H20N4OS/c1-13-17(24-12-20-13)10-22-11-18-19-7-8-21(18)9-16(22)14-3-5-15(23-2)6-4-14/h3-8,12,16H,9-11H2,1-2H3. The van der Waals surface area contributed by atoms with E-state index in [0.717, 1.165) is 36.9 Å². The predicted octanol–water partition coefficient (Wildman–Crippen LogP) is 3.41. The SMILES string of the molecule is COc1ccc(C2Cn3ccnc3CN2Cc2scnc2C)cc1. The molecular weight excluding hydrogens is 320 g/mol. The van der Waals surface area contributed by atoms with Crippen LogP contribution in [0.15, 0.2) is 42.2 Å². The number of hydrogen-bond donors (Lipinski definition) is 0. The van der Waals surface area contributed by atoms with Crippen molar-refractivity contribution in [2.75, 3.05) is 7.11 Å². The average molecular weight is 340 g/mol. The smallest absolute Gasteiger partial charge is 0.122 e. The van der Waals surface area contributed by atoms with E-state index in [1.165, 1.54) is 10.4 Å². The highest BCUT2D eigenvalue weighted by Crippen LogP contribution is 2.32. The number of nitrogens with zero attached hydrogens (tertiary/aromatic N) is 4. The first kappa shape index (κ1) is 15.4. The lowest BCUT2D eigenvalue weighted by atomic mass is 10.0. The lowest BCUT2D eigenvalue weighted by molar-refractivity contribution is 0.129. The molecule has 1 aliphatic heterocycles. The van der Waals surface area contributed by atoms with Gasteiger partial charge in [0.1, 0.15) is 11.6 Å². The van der Waals surface area contributed by atoms with E-state index in [1.54, 1.807) is 18.4 Å². The molecule has 0 spiro atoms. The van der Waals surface area contributed by atoms with Crippen LogP contribution in [0.25, 0.3) is 0 Å². The lowest BCUT2D eigenvalue weighted by Gasteiger charge is -2.36. The van der Waals surface area contributed by atoms with Gasteiger partial charge in [0.25, 0.3) is 0 Å². The molecule has 3 aromatic rings. The van der Waals surface area contributed by atoms with Crippen LogP contribution >= 0.6 is 11.3 Å². The summed E-state index contributed by atoms with van der Waals surface area (Å²) in [5.74, 6) is 2.02. The molecule has 24 heavy (non-hydrogen) atoms. The zero-order valence-electron chi connectivity index (χ0n) is 13.8. The highest BCUT2D eigenvalue weighted by atomic mass is 32.1. The van der Waals surface area contributed by atoms with E-state index in [-0.39, 0.29) is 0 Å². The fraction of sp³-hybridized carbons (Fsp3) is 0.333. The average Bonchev–Trinajstić information content (AvgIpc) is 3.23. The van der Waals surface area contributed by atoms with E-state index in [4.69, 9.17) is 4.74 Å². The first-order valence-corrected chi connectivity index (χ1v) is 8.89. The van der Waals surface area contributed by atoms with Gasteiger partial charge in [0.05, 0.1) is 30.9 Å². The minimum Gasteiger partial charge on any atom is -0.497 e. The van der Waals surface area contributed by atoms with Gasteiger partial charge in [0.15, 0.2) is 0 Å². The molecule has 1 aliphatic rings. The van der Waals surface area contributed by atoms with Gasteiger partial charge in [-0.25, -0.2) is 9.97 Å². The Bertz CT molecular complexity index is 824. The van der Waals surface area contributed by atoms with E-state index >= 15 is 0 Å². The maximum absolute atomic E-state index is 5.29. The molecular formula is C18H20N4OS. The molecule has 0 N–H and O–H groups in total. The molecule has 0 radical (unpaired) electrons. The summed E-state index contributed by atoms with van der Waals surface area (Å²) in [4.78, 5) is 12.7. The quantitative estimate of drug-likeness (QED) is 0.730. The van der Waals surface area contributed by atoms with Crippen LogP contribution in [0.1, 0.15) is 28.0 Å². The number of rotatable bonds is 4.